The third-order valence-electron chi connectivity index (χ3n) is 4.53. The lowest BCUT2D eigenvalue weighted by Crippen LogP contribution is -2.23. The van der Waals surface area contributed by atoms with Crippen molar-refractivity contribution in [1.29, 1.82) is 0 Å². The van der Waals surface area contributed by atoms with Gasteiger partial charge < -0.3 is 14.4 Å². The molecule has 1 aromatic carbocycles. The zero-order chi connectivity index (χ0) is 21.9. The topological polar surface area (TPSA) is 47.5 Å². The molecular weight excluding hydrogens is 416 g/mol. The first-order chi connectivity index (χ1) is 14.0. The molecule has 0 spiro atoms. The number of nitrogens with zero attached hydrogens (tertiary/aromatic N) is 3. The third-order valence-corrected chi connectivity index (χ3v) is 4.53. The van der Waals surface area contributed by atoms with E-state index in [4.69, 9.17) is 4.74 Å². The molecule has 1 aliphatic carbocycles. The number of anilines is 2. The number of hydrogen-bond donors (Lipinski definition) is 0. The van der Waals surface area contributed by atoms with Gasteiger partial charge in [-0.15, -0.1) is 0 Å². The quantitative estimate of drug-likeness (QED) is 0.559. The standard InChI is InChI=1S/C19H19F6N3O2/c1-28(12-5-4-8-14(9-12)30-13-6-2-3-7-13)17-26-10-15(19(23,24)25)16(27-17)29-11-18(20,21)22/h4-5,8-10,13H,2-3,6-7,11H2,1H3. The average molecular weight is 435 g/mol. The Hall–Kier alpha value is -2.72. The first-order valence-electron chi connectivity index (χ1n) is 9.17. The van der Waals surface area contributed by atoms with Crippen LogP contribution in [0.1, 0.15) is 31.2 Å². The Balaban J connectivity index is 1.85. The van der Waals surface area contributed by atoms with E-state index in [1.54, 1.807) is 24.3 Å². The minimum absolute atomic E-state index is 0.107. The van der Waals surface area contributed by atoms with Crippen molar-refractivity contribution in [1.82, 2.24) is 9.97 Å². The second kappa shape index (κ2) is 8.57. The summed E-state index contributed by atoms with van der Waals surface area (Å²) in [6.07, 6.45) is -5.20. The number of alkyl halides is 6. The van der Waals surface area contributed by atoms with E-state index in [-0.39, 0.29) is 12.1 Å². The van der Waals surface area contributed by atoms with E-state index >= 15 is 0 Å². The van der Waals surface area contributed by atoms with Gasteiger partial charge in [-0.1, -0.05) is 6.07 Å². The van der Waals surface area contributed by atoms with Crippen LogP contribution in [0.5, 0.6) is 11.6 Å². The molecule has 0 aliphatic heterocycles. The maximum Gasteiger partial charge on any atom is 0.423 e. The number of benzene rings is 1. The van der Waals surface area contributed by atoms with Crippen LogP contribution >= 0.6 is 0 Å². The average Bonchev–Trinajstić information content (AvgIpc) is 3.17. The van der Waals surface area contributed by atoms with Crippen molar-refractivity contribution in [3.63, 3.8) is 0 Å². The van der Waals surface area contributed by atoms with Crippen molar-refractivity contribution in [2.24, 2.45) is 0 Å². The van der Waals surface area contributed by atoms with E-state index in [2.05, 4.69) is 14.7 Å². The first-order valence-corrected chi connectivity index (χ1v) is 9.17. The predicted octanol–water partition coefficient (Wildman–Crippen LogP) is 5.53. The van der Waals surface area contributed by atoms with E-state index in [0.717, 1.165) is 25.7 Å². The van der Waals surface area contributed by atoms with Crippen molar-refractivity contribution in [3.8, 4) is 11.6 Å². The molecule has 3 rings (SSSR count). The Morgan fingerprint density at radius 1 is 1.10 bits per heavy atom. The predicted molar refractivity (Wildman–Crippen MR) is 96.0 cm³/mol. The molecule has 0 bridgehead atoms. The largest absolute Gasteiger partial charge is 0.490 e. The van der Waals surface area contributed by atoms with Crippen LogP contribution in [-0.2, 0) is 6.18 Å². The van der Waals surface area contributed by atoms with Crippen LogP contribution in [0.4, 0.5) is 38.0 Å². The Morgan fingerprint density at radius 3 is 2.43 bits per heavy atom. The van der Waals surface area contributed by atoms with Crippen molar-refractivity contribution < 1.29 is 35.8 Å². The van der Waals surface area contributed by atoms with E-state index in [9.17, 15) is 26.3 Å². The van der Waals surface area contributed by atoms with Crippen LogP contribution in [0.25, 0.3) is 0 Å². The normalized spacial score (nSPS) is 15.3. The van der Waals surface area contributed by atoms with Gasteiger partial charge in [0.1, 0.15) is 11.3 Å². The smallest absolute Gasteiger partial charge is 0.423 e. The fourth-order valence-electron chi connectivity index (χ4n) is 3.05. The van der Waals surface area contributed by atoms with Crippen molar-refractivity contribution >= 4 is 11.6 Å². The molecular formula is C19H19F6N3O2. The molecule has 0 radical (unpaired) electrons. The van der Waals surface area contributed by atoms with Crippen LogP contribution in [-0.4, -0.2) is 35.9 Å². The molecule has 11 heteroatoms. The summed E-state index contributed by atoms with van der Waals surface area (Å²) in [6, 6.07) is 6.76. The molecule has 164 valence electrons. The van der Waals surface area contributed by atoms with Crippen molar-refractivity contribution in [2.75, 3.05) is 18.6 Å². The Kier molecular flexibility index (Phi) is 6.27. The van der Waals surface area contributed by atoms with Gasteiger partial charge in [0.25, 0.3) is 0 Å². The number of rotatable bonds is 6. The summed E-state index contributed by atoms with van der Waals surface area (Å²) in [5, 5.41) is 0. The Bertz CT molecular complexity index is 866. The molecule has 0 N–H and O–H groups in total. The molecule has 1 aromatic heterocycles. The van der Waals surface area contributed by atoms with E-state index in [1.807, 2.05) is 0 Å². The second-order valence-electron chi connectivity index (χ2n) is 6.87. The number of hydrogen-bond acceptors (Lipinski definition) is 5. The fourth-order valence-corrected chi connectivity index (χ4v) is 3.05. The zero-order valence-electron chi connectivity index (χ0n) is 15.9. The van der Waals surface area contributed by atoms with Gasteiger partial charge in [-0.3, -0.25) is 0 Å². The molecule has 2 aromatic rings. The Labute approximate surface area is 168 Å². The van der Waals surface area contributed by atoms with Crippen LogP contribution in [0.2, 0.25) is 0 Å². The summed E-state index contributed by atoms with van der Waals surface area (Å²) in [5.41, 5.74) is -0.991. The van der Waals surface area contributed by atoms with Gasteiger partial charge in [0.15, 0.2) is 6.61 Å². The molecule has 0 amide bonds. The van der Waals surface area contributed by atoms with Gasteiger partial charge in [-0.2, -0.15) is 31.3 Å². The molecule has 5 nitrogen and oxygen atoms in total. The van der Waals surface area contributed by atoms with E-state index < -0.39 is 30.4 Å². The molecule has 1 fully saturated rings. The highest BCUT2D eigenvalue weighted by Crippen LogP contribution is 2.37. The van der Waals surface area contributed by atoms with Crippen LogP contribution < -0.4 is 14.4 Å². The Morgan fingerprint density at radius 2 is 1.80 bits per heavy atom. The van der Waals surface area contributed by atoms with Crippen molar-refractivity contribution in [2.45, 2.75) is 44.1 Å². The van der Waals surface area contributed by atoms with Gasteiger partial charge in [0.2, 0.25) is 11.8 Å². The summed E-state index contributed by atoms with van der Waals surface area (Å²) in [5.74, 6) is -0.861. The number of ether oxygens (including phenoxy) is 2. The van der Waals surface area contributed by atoms with Gasteiger partial charge in [0, 0.05) is 25.0 Å². The van der Waals surface area contributed by atoms with Gasteiger partial charge in [0.05, 0.1) is 6.10 Å². The number of halogens is 6. The van der Waals surface area contributed by atoms with E-state index in [0.29, 0.717) is 17.6 Å². The maximum atomic E-state index is 13.1. The summed E-state index contributed by atoms with van der Waals surface area (Å²) in [6.45, 7) is -1.90. The van der Waals surface area contributed by atoms with Gasteiger partial charge in [-0.25, -0.2) is 4.98 Å². The van der Waals surface area contributed by atoms with Gasteiger partial charge in [-0.05, 0) is 37.8 Å². The molecule has 1 saturated carbocycles. The van der Waals surface area contributed by atoms with Crippen LogP contribution in [0, 0.1) is 0 Å². The summed E-state index contributed by atoms with van der Waals surface area (Å²) in [4.78, 5) is 8.57. The molecule has 1 aliphatic rings. The van der Waals surface area contributed by atoms with Crippen LogP contribution in [0.15, 0.2) is 30.5 Å². The lowest BCUT2D eigenvalue weighted by atomic mass is 10.2. The highest BCUT2D eigenvalue weighted by atomic mass is 19.4. The monoisotopic (exact) mass is 435 g/mol. The first kappa shape index (κ1) is 22.0. The summed E-state index contributed by atoms with van der Waals surface area (Å²) < 4.78 is 86.8. The molecule has 0 atom stereocenters. The number of aromatic nitrogens is 2. The lowest BCUT2D eigenvalue weighted by Gasteiger charge is -2.21. The highest BCUT2D eigenvalue weighted by Gasteiger charge is 2.38. The lowest BCUT2D eigenvalue weighted by molar-refractivity contribution is -0.159. The molecule has 0 saturated heterocycles. The summed E-state index contributed by atoms with van der Waals surface area (Å²) in [7, 11) is 1.48. The SMILES string of the molecule is CN(c1cccc(OC2CCCC2)c1)c1ncc(C(F)(F)F)c(OCC(F)(F)F)n1. The molecule has 1 heterocycles. The van der Waals surface area contributed by atoms with Crippen molar-refractivity contribution in [3.05, 3.63) is 36.0 Å². The summed E-state index contributed by atoms with van der Waals surface area (Å²) >= 11 is 0. The maximum absolute atomic E-state index is 13.1. The van der Waals surface area contributed by atoms with E-state index in [1.165, 1.54) is 11.9 Å². The fraction of sp³-hybridized carbons (Fsp3) is 0.474. The molecule has 30 heavy (non-hydrogen) atoms. The van der Waals surface area contributed by atoms with Crippen LogP contribution in [0.3, 0.4) is 0 Å². The zero-order valence-corrected chi connectivity index (χ0v) is 15.9. The minimum Gasteiger partial charge on any atom is -0.490 e. The minimum atomic E-state index is -4.97. The molecule has 0 unspecified atom stereocenters. The highest BCUT2D eigenvalue weighted by molar-refractivity contribution is 5.59. The van der Waals surface area contributed by atoms with Gasteiger partial charge >= 0.3 is 12.4 Å². The second-order valence-corrected chi connectivity index (χ2v) is 6.87. The third kappa shape index (κ3) is 5.67.